The topological polar surface area (TPSA) is 78.9 Å². The van der Waals surface area contributed by atoms with Gasteiger partial charge in [0, 0.05) is 19.3 Å². The van der Waals surface area contributed by atoms with Crippen molar-refractivity contribution in [1.29, 1.82) is 0 Å². The molecule has 0 aliphatic rings. The smallest absolute Gasteiger partial charge is 0.306 e. The first-order valence-corrected chi connectivity index (χ1v) is 26.4. The highest BCUT2D eigenvalue weighted by Crippen LogP contribution is 2.12. The van der Waals surface area contributed by atoms with Gasteiger partial charge in [-0.3, -0.25) is 14.4 Å². The van der Waals surface area contributed by atoms with Gasteiger partial charge in [0.15, 0.2) is 6.10 Å². The summed E-state index contributed by atoms with van der Waals surface area (Å²) in [5.41, 5.74) is 0. The molecule has 0 saturated carbocycles. The number of unbranched alkanes of at least 4 members (excludes halogenated alkanes) is 17. The first kappa shape index (κ1) is 61.1. The van der Waals surface area contributed by atoms with Gasteiger partial charge in [0.2, 0.25) is 0 Å². The van der Waals surface area contributed by atoms with Gasteiger partial charge in [-0.05, 0) is 122 Å². The summed E-state index contributed by atoms with van der Waals surface area (Å²) in [6.45, 7) is 6.39. The lowest BCUT2D eigenvalue weighted by atomic mass is 10.1. The molecule has 0 saturated heterocycles. The number of allylic oxidation sites excluding steroid dienone is 18. The third-order valence-electron chi connectivity index (χ3n) is 10.7. The van der Waals surface area contributed by atoms with Gasteiger partial charge < -0.3 is 14.2 Å². The molecular weight excluding hydrogens is 805 g/mol. The van der Waals surface area contributed by atoms with Crippen molar-refractivity contribution in [3.05, 3.63) is 109 Å². The Labute approximate surface area is 400 Å². The molecule has 0 aromatic heterocycles. The number of carbonyl (C=O) groups excluding carboxylic acids is 3. The number of carbonyl (C=O) groups is 3. The normalized spacial score (nSPS) is 13.0. The summed E-state index contributed by atoms with van der Waals surface area (Å²) in [6.07, 6.45) is 70.7. The Hall–Kier alpha value is -3.93. The molecule has 6 nitrogen and oxygen atoms in total. The van der Waals surface area contributed by atoms with E-state index in [0.717, 1.165) is 116 Å². The highest BCUT2D eigenvalue weighted by Gasteiger charge is 2.19. The van der Waals surface area contributed by atoms with Crippen molar-refractivity contribution >= 4 is 17.9 Å². The van der Waals surface area contributed by atoms with Gasteiger partial charge >= 0.3 is 17.9 Å². The average Bonchev–Trinajstić information content (AvgIpc) is 3.30. The zero-order chi connectivity index (χ0) is 47.2. The Morgan fingerprint density at radius 1 is 0.323 bits per heavy atom. The first-order chi connectivity index (χ1) is 32.0. The van der Waals surface area contributed by atoms with E-state index in [9.17, 15) is 14.4 Å². The summed E-state index contributed by atoms with van der Waals surface area (Å²) in [7, 11) is 0. The molecule has 65 heavy (non-hydrogen) atoms. The summed E-state index contributed by atoms with van der Waals surface area (Å²) < 4.78 is 16.7. The molecule has 0 aromatic carbocycles. The van der Waals surface area contributed by atoms with E-state index in [1.54, 1.807) is 0 Å². The SMILES string of the molecule is CC/C=C\C/C=C\C/C=C\C/C=C\C/C=C\CCCC(=O)OC[C@@H](COC(=O)CCCCCCC/C=C\CCCCCC)OC(=O)CCCCCC/C=C\C/C=C\C/C=C\CCCCC. The number of esters is 3. The monoisotopic (exact) mass is 901 g/mol. The fourth-order valence-corrected chi connectivity index (χ4v) is 6.77. The van der Waals surface area contributed by atoms with Gasteiger partial charge in [0.05, 0.1) is 0 Å². The fraction of sp³-hybridized carbons (Fsp3) is 0.644. The number of hydrogen-bond acceptors (Lipinski definition) is 6. The molecule has 6 heteroatoms. The van der Waals surface area contributed by atoms with Crippen LogP contribution in [0.5, 0.6) is 0 Å². The van der Waals surface area contributed by atoms with E-state index < -0.39 is 6.10 Å². The molecule has 0 bridgehead atoms. The van der Waals surface area contributed by atoms with Crippen molar-refractivity contribution in [2.75, 3.05) is 13.2 Å². The minimum atomic E-state index is -0.818. The van der Waals surface area contributed by atoms with Crippen molar-refractivity contribution in [2.45, 2.75) is 232 Å². The van der Waals surface area contributed by atoms with Crippen LogP contribution in [0.15, 0.2) is 109 Å². The number of hydrogen-bond donors (Lipinski definition) is 0. The van der Waals surface area contributed by atoms with Crippen LogP contribution in [0.1, 0.15) is 226 Å². The molecule has 0 spiro atoms. The Morgan fingerprint density at radius 3 is 1.05 bits per heavy atom. The van der Waals surface area contributed by atoms with Gasteiger partial charge in [-0.2, -0.15) is 0 Å². The van der Waals surface area contributed by atoms with Crippen LogP contribution in [0, 0.1) is 0 Å². The second-order valence-electron chi connectivity index (χ2n) is 17.0. The highest BCUT2D eigenvalue weighted by atomic mass is 16.6. The Bertz CT molecular complexity index is 1360. The van der Waals surface area contributed by atoms with Crippen molar-refractivity contribution in [2.24, 2.45) is 0 Å². The van der Waals surface area contributed by atoms with Crippen molar-refractivity contribution < 1.29 is 28.6 Å². The largest absolute Gasteiger partial charge is 0.462 e. The van der Waals surface area contributed by atoms with Gasteiger partial charge in [0.25, 0.3) is 0 Å². The molecule has 0 aliphatic carbocycles. The molecule has 0 unspecified atom stereocenters. The molecule has 368 valence electrons. The number of ether oxygens (including phenoxy) is 3. The van der Waals surface area contributed by atoms with E-state index in [1.807, 2.05) is 0 Å². The highest BCUT2D eigenvalue weighted by molar-refractivity contribution is 5.71. The third kappa shape index (κ3) is 50.9. The molecule has 0 amide bonds. The molecule has 0 fully saturated rings. The second kappa shape index (κ2) is 52.7. The van der Waals surface area contributed by atoms with Crippen LogP contribution in [0.2, 0.25) is 0 Å². The lowest BCUT2D eigenvalue weighted by molar-refractivity contribution is -0.167. The predicted molar refractivity (Wildman–Crippen MR) is 279 cm³/mol. The second-order valence-corrected chi connectivity index (χ2v) is 17.0. The molecule has 0 N–H and O–H groups in total. The Kier molecular flexibility index (Phi) is 49.5. The lowest BCUT2D eigenvalue weighted by Gasteiger charge is -2.18. The van der Waals surface area contributed by atoms with Crippen LogP contribution in [0.4, 0.5) is 0 Å². The van der Waals surface area contributed by atoms with E-state index in [2.05, 4.69) is 130 Å². The molecule has 0 rings (SSSR count). The zero-order valence-electron chi connectivity index (χ0n) is 42.0. The van der Waals surface area contributed by atoms with Gasteiger partial charge in [-0.25, -0.2) is 0 Å². The Balaban J connectivity index is 4.55. The van der Waals surface area contributed by atoms with E-state index in [-0.39, 0.29) is 44.0 Å². The van der Waals surface area contributed by atoms with Crippen LogP contribution in [-0.4, -0.2) is 37.2 Å². The minimum Gasteiger partial charge on any atom is -0.462 e. The van der Waals surface area contributed by atoms with E-state index in [4.69, 9.17) is 14.2 Å². The summed E-state index contributed by atoms with van der Waals surface area (Å²) in [5.74, 6) is -1.01. The van der Waals surface area contributed by atoms with Crippen LogP contribution < -0.4 is 0 Å². The lowest BCUT2D eigenvalue weighted by Crippen LogP contribution is -2.30. The summed E-state index contributed by atoms with van der Waals surface area (Å²) in [5, 5.41) is 0. The van der Waals surface area contributed by atoms with Crippen LogP contribution in [0.25, 0.3) is 0 Å². The Morgan fingerprint density at radius 2 is 0.615 bits per heavy atom. The van der Waals surface area contributed by atoms with Crippen molar-refractivity contribution in [1.82, 2.24) is 0 Å². The molecule has 0 radical (unpaired) electrons. The van der Waals surface area contributed by atoms with E-state index in [0.29, 0.717) is 12.8 Å². The fourth-order valence-electron chi connectivity index (χ4n) is 6.77. The minimum absolute atomic E-state index is 0.111. The van der Waals surface area contributed by atoms with Crippen molar-refractivity contribution in [3.63, 3.8) is 0 Å². The predicted octanol–water partition coefficient (Wildman–Crippen LogP) is 17.5. The summed E-state index contributed by atoms with van der Waals surface area (Å²) in [6, 6.07) is 0. The third-order valence-corrected chi connectivity index (χ3v) is 10.7. The van der Waals surface area contributed by atoms with Crippen LogP contribution in [-0.2, 0) is 28.6 Å². The maximum atomic E-state index is 12.8. The summed E-state index contributed by atoms with van der Waals surface area (Å²) in [4.78, 5) is 38.0. The van der Waals surface area contributed by atoms with Crippen molar-refractivity contribution in [3.8, 4) is 0 Å². The quantitative estimate of drug-likeness (QED) is 0.0262. The van der Waals surface area contributed by atoms with Crippen LogP contribution in [0.3, 0.4) is 0 Å². The standard InChI is InChI=1S/C59H96O6/c1-4-7-10-13-16-19-22-25-27-29-31-34-37-40-43-46-49-52-58(61)64-55-56(54-63-57(60)51-48-45-42-39-36-33-24-21-18-15-12-9-6-3)65-59(62)53-50-47-44-41-38-35-32-30-28-26-23-20-17-14-11-8-5-2/h7,10,16-17,19-21,24-28,31-32,34-35,40,43,56H,4-6,8-9,11-15,18,22-23,29-30,33,36-39,41-42,44-55H2,1-3H3/b10-7-,19-16-,20-17-,24-21-,27-25-,28-26-,34-31-,35-32-,43-40-/t56-/m1/s1. The van der Waals surface area contributed by atoms with E-state index in [1.165, 1.54) is 64.2 Å². The first-order valence-electron chi connectivity index (χ1n) is 26.4. The molecule has 1 atom stereocenters. The summed E-state index contributed by atoms with van der Waals surface area (Å²) >= 11 is 0. The molecule has 0 heterocycles. The average molecular weight is 901 g/mol. The number of rotatable bonds is 46. The maximum absolute atomic E-state index is 12.8. The molecular formula is C59H96O6. The van der Waals surface area contributed by atoms with Gasteiger partial charge in [-0.15, -0.1) is 0 Å². The maximum Gasteiger partial charge on any atom is 0.306 e. The molecule has 0 aliphatic heterocycles. The zero-order valence-corrected chi connectivity index (χ0v) is 42.0. The van der Waals surface area contributed by atoms with Gasteiger partial charge in [-0.1, -0.05) is 194 Å². The van der Waals surface area contributed by atoms with Gasteiger partial charge in [0.1, 0.15) is 13.2 Å². The molecule has 0 aromatic rings. The van der Waals surface area contributed by atoms with Crippen LogP contribution >= 0.6 is 0 Å². The van der Waals surface area contributed by atoms with E-state index >= 15 is 0 Å².